The van der Waals surface area contributed by atoms with E-state index >= 15 is 0 Å². The lowest BCUT2D eigenvalue weighted by molar-refractivity contribution is -0.132. The monoisotopic (exact) mass is 476 g/mol. The first-order valence-corrected chi connectivity index (χ1v) is 11.3. The van der Waals surface area contributed by atoms with Gasteiger partial charge in [-0.2, -0.15) is 0 Å². The minimum absolute atomic E-state index is 0.0394. The number of fused-ring (bicyclic) bond motifs is 1. The molecule has 3 aromatic carbocycles. The van der Waals surface area contributed by atoms with E-state index in [1.807, 2.05) is 26.0 Å². The van der Waals surface area contributed by atoms with E-state index in [4.69, 9.17) is 0 Å². The molecule has 1 unspecified atom stereocenters. The second kappa shape index (κ2) is 8.14. The van der Waals surface area contributed by atoms with Crippen molar-refractivity contribution in [3.8, 4) is 0 Å². The van der Waals surface area contributed by atoms with Gasteiger partial charge in [0.05, 0.1) is 15.8 Å². The van der Waals surface area contributed by atoms with Crippen LogP contribution < -0.4 is 4.90 Å². The highest BCUT2D eigenvalue weighted by molar-refractivity contribution is 7.22. The Bertz CT molecular complexity index is 1510. The van der Waals surface area contributed by atoms with E-state index in [1.54, 1.807) is 6.07 Å². The number of aliphatic hydroxyl groups excluding tert-OH is 1. The van der Waals surface area contributed by atoms with Gasteiger partial charge in [-0.1, -0.05) is 35.6 Å². The quantitative estimate of drug-likeness (QED) is 0.230. The zero-order valence-electron chi connectivity index (χ0n) is 18.2. The molecule has 1 amide bonds. The van der Waals surface area contributed by atoms with Crippen LogP contribution in [0.1, 0.15) is 28.3 Å². The lowest BCUT2D eigenvalue weighted by Crippen LogP contribution is -2.29. The van der Waals surface area contributed by atoms with E-state index in [2.05, 4.69) is 4.98 Å². The van der Waals surface area contributed by atoms with Crippen LogP contribution in [-0.4, -0.2) is 21.8 Å². The molecule has 0 radical (unpaired) electrons. The van der Waals surface area contributed by atoms with Gasteiger partial charge in [-0.25, -0.2) is 13.8 Å². The molecule has 1 aliphatic rings. The summed E-state index contributed by atoms with van der Waals surface area (Å²) in [6.07, 6.45) is 0. The normalized spacial score (nSPS) is 17.6. The van der Waals surface area contributed by atoms with Gasteiger partial charge in [0.15, 0.2) is 5.13 Å². The lowest BCUT2D eigenvalue weighted by atomic mass is 9.95. The minimum Gasteiger partial charge on any atom is -0.507 e. The summed E-state index contributed by atoms with van der Waals surface area (Å²) < 4.78 is 29.2. The van der Waals surface area contributed by atoms with Gasteiger partial charge in [0, 0.05) is 11.1 Å². The highest BCUT2D eigenvalue weighted by Gasteiger charge is 2.49. The molecular formula is C26H18F2N2O3S. The smallest absolute Gasteiger partial charge is 0.301 e. The van der Waals surface area contributed by atoms with Crippen molar-refractivity contribution >= 4 is 44.1 Å². The summed E-state index contributed by atoms with van der Waals surface area (Å²) in [5.74, 6) is -3.57. The molecular weight excluding hydrogens is 458 g/mol. The molecule has 8 heteroatoms. The summed E-state index contributed by atoms with van der Waals surface area (Å²) in [4.78, 5) is 32.2. The fourth-order valence-electron chi connectivity index (χ4n) is 4.25. The number of halogens is 2. The highest BCUT2D eigenvalue weighted by Crippen LogP contribution is 2.45. The third-order valence-electron chi connectivity index (χ3n) is 5.79. The van der Waals surface area contributed by atoms with Crippen molar-refractivity contribution in [1.29, 1.82) is 0 Å². The molecule has 1 aromatic heterocycles. The van der Waals surface area contributed by atoms with Gasteiger partial charge in [-0.05, 0) is 61.4 Å². The van der Waals surface area contributed by atoms with Crippen LogP contribution >= 0.6 is 11.3 Å². The first kappa shape index (κ1) is 21.9. The topological polar surface area (TPSA) is 70.5 Å². The third-order valence-corrected chi connectivity index (χ3v) is 6.79. The summed E-state index contributed by atoms with van der Waals surface area (Å²) in [6.45, 7) is 3.84. The molecule has 0 saturated carbocycles. The van der Waals surface area contributed by atoms with Crippen molar-refractivity contribution in [3.05, 3.63) is 100 Å². The molecule has 5 nitrogen and oxygen atoms in total. The SMILES string of the molecule is Cc1cc(C)c2nc(N3C(=O)C(=O)/C(=C(/O)c4ccc(F)cc4)C3c3ccccc3F)sc2c1. The molecule has 0 aliphatic carbocycles. The van der Waals surface area contributed by atoms with E-state index in [9.17, 15) is 23.5 Å². The van der Waals surface area contributed by atoms with E-state index < -0.39 is 35.1 Å². The van der Waals surface area contributed by atoms with E-state index in [0.717, 1.165) is 32.9 Å². The van der Waals surface area contributed by atoms with Gasteiger partial charge < -0.3 is 5.11 Å². The Hall–Kier alpha value is -3.91. The number of aliphatic hydroxyl groups is 1. The molecule has 2 heterocycles. The molecule has 0 spiro atoms. The van der Waals surface area contributed by atoms with Crippen LogP contribution in [-0.2, 0) is 9.59 Å². The molecule has 0 bridgehead atoms. The zero-order chi connectivity index (χ0) is 24.1. The van der Waals surface area contributed by atoms with Crippen molar-refractivity contribution in [2.24, 2.45) is 0 Å². The molecule has 170 valence electrons. The number of hydrogen-bond acceptors (Lipinski definition) is 5. The van der Waals surface area contributed by atoms with Crippen molar-refractivity contribution in [2.75, 3.05) is 4.90 Å². The number of ketones is 1. The fraction of sp³-hybridized carbons (Fsp3) is 0.115. The second-order valence-corrected chi connectivity index (χ2v) is 9.13. The first-order valence-electron chi connectivity index (χ1n) is 10.5. The average Bonchev–Trinajstić information content (AvgIpc) is 3.33. The van der Waals surface area contributed by atoms with Crippen LogP contribution in [0.2, 0.25) is 0 Å². The number of carbonyl (C=O) groups is 2. The van der Waals surface area contributed by atoms with E-state index in [0.29, 0.717) is 5.52 Å². The summed E-state index contributed by atoms with van der Waals surface area (Å²) >= 11 is 1.21. The Kier molecular flexibility index (Phi) is 5.25. The molecule has 4 aromatic rings. The molecule has 1 saturated heterocycles. The van der Waals surface area contributed by atoms with Crippen LogP contribution in [0.25, 0.3) is 16.0 Å². The third kappa shape index (κ3) is 3.47. The maximum Gasteiger partial charge on any atom is 0.301 e. The van der Waals surface area contributed by atoms with E-state index in [1.165, 1.54) is 41.7 Å². The van der Waals surface area contributed by atoms with Crippen molar-refractivity contribution in [2.45, 2.75) is 19.9 Å². The highest BCUT2D eigenvalue weighted by atomic mass is 32.1. The van der Waals surface area contributed by atoms with Crippen molar-refractivity contribution in [3.63, 3.8) is 0 Å². The number of carbonyl (C=O) groups excluding carboxylic acids is 2. The van der Waals surface area contributed by atoms with Gasteiger partial charge in [0.25, 0.3) is 5.78 Å². The Morgan fingerprint density at radius 2 is 1.74 bits per heavy atom. The number of aromatic nitrogens is 1. The molecule has 1 N–H and O–H groups in total. The van der Waals surface area contributed by atoms with Gasteiger partial charge in [-0.3, -0.25) is 14.5 Å². The Morgan fingerprint density at radius 3 is 2.44 bits per heavy atom. The van der Waals surface area contributed by atoms with Crippen molar-refractivity contribution < 1.29 is 23.5 Å². The zero-order valence-corrected chi connectivity index (χ0v) is 19.0. The van der Waals surface area contributed by atoms with E-state index in [-0.39, 0.29) is 21.8 Å². The number of hydrogen-bond donors (Lipinski definition) is 1. The Morgan fingerprint density at radius 1 is 1.03 bits per heavy atom. The number of rotatable bonds is 3. The van der Waals surface area contributed by atoms with Crippen LogP contribution in [0.4, 0.5) is 13.9 Å². The number of benzene rings is 3. The van der Waals surface area contributed by atoms with Gasteiger partial charge in [-0.15, -0.1) is 0 Å². The van der Waals surface area contributed by atoms with Crippen molar-refractivity contribution in [1.82, 2.24) is 4.98 Å². The Labute approximate surface area is 197 Å². The molecule has 5 rings (SSSR count). The maximum atomic E-state index is 15.0. The largest absolute Gasteiger partial charge is 0.507 e. The second-order valence-electron chi connectivity index (χ2n) is 8.12. The van der Waals surface area contributed by atoms with Crippen LogP contribution in [0.3, 0.4) is 0 Å². The Balaban J connectivity index is 1.76. The predicted octanol–water partition coefficient (Wildman–Crippen LogP) is 5.82. The fourth-order valence-corrected chi connectivity index (χ4v) is 5.41. The summed E-state index contributed by atoms with van der Waals surface area (Å²) in [6, 6.07) is 13.2. The number of anilines is 1. The standard InChI is InChI=1S/C26H18F2N2O3S/c1-13-11-14(2)21-19(12-13)34-26(29-21)30-22(17-5-3-4-6-18(17)28)20(24(32)25(30)33)23(31)15-7-9-16(27)10-8-15/h3-12,22,31H,1-2H3/b23-20+. The number of Topliss-reactive ketones (excluding diaryl/α,β-unsaturated/α-hetero) is 1. The molecule has 34 heavy (non-hydrogen) atoms. The lowest BCUT2D eigenvalue weighted by Gasteiger charge is -2.23. The van der Waals surface area contributed by atoms with Crippen LogP contribution in [0.5, 0.6) is 0 Å². The van der Waals surface area contributed by atoms with Gasteiger partial charge in [0.1, 0.15) is 23.4 Å². The number of nitrogens with zero attached hydrogens (tertiary/aromatic N) is 2. The number of thiazole rings is 1. The number of aryl methyl sites for hydroxylation is 2. The van der Waals surface area contributed by atoms with Gasteiger partial charge >= 0.3 is 5.91 Å². The molecule has 1 atom stereocenters. The van der Waals surface area contributed by atoms with Crippen LogP contribution in [0.15, 0.2) is 66.2 Å². The minimum atomic E-state index is -1.24. The predicted molar refractivity (Wildman–Crippen MR) is 127 cm³/mol. The van der Waals surface area contributed by atoms with Gasteiger partial charge in [0.2, 0.25) is 0 Å². The molecule has 1 aliphatic heterocycles. The summed E-state index contributed by atoms with van der Waals surface area (Å²) in [5, 5.41) is 11.2. The summed E-state index contributed by atoms with van der Waals surface area (Å²) in [7, 11) is 0. The first-order chi connectivity index (χ1) is 16.3. The summed E-state index contributed by atoms with van der Waals surface area (Å²) in [5.41, 5.74) is 2.49. The molecule has 1 fully saturated rings. The van der Waals surface area contributed by atoms with Crippen LogP contribution in [0, 0.1) is 25.5 Å². The number of amides is 1. The average molecular weight is 477 g/mol. The maximum absolute atomic E-state index is 15.0.